The Hall–Kier alpha value is -3.74. The normalized spacial score (nSPS) is 17.8. The van der Waals surface area contributed by atoms with Gasteiger partial charge in [0.1, 0.15) is 23.6 Å². The van der Waals surface area contributed by atoms with Gasteiger partial charge in [-0.15, -0.1) is 0 Å². The van der Waals surface area contributed by atoms with Gasteiger partial charge in [-0.3, -0.25) is 14.6 Å². The van der Waals surface area contributed by atoms with Gasteiger partial charge in [-0.2, -0.15) is 0 Å². The zero-order valence-corrected chi connectivity index (χ0v) is 19.4. The lowest BCUT2D eigenvalue weighted by Crippen LogP contribution is -2.56. The molecule has 1 fully saturated rings. The van der Waals surface area contributed by atoms with Crippen molar-refractivity contribution in [3.8, 4) is 5.75 Å². The number of pyridine rings is 1. The number of amides is 2. The number of likely N-dealkylation sites (tertiary alicyclic amines) is 1. The van der Waals surface area contributed by atoms with Gasteiger partial charge >= 0.3 is 0 Å². The van der Waals surface area contributed by atoms with Crippen LogP contribution in [-0.4, -0.2) is 53.8 Å². The average molecular weight is 462 g/mol. The van der Waals surface area contributed by atoms with Crippen LogP contribution in [0.5, 0.6) is 5.75 Å². The average Bonchev–Trinajstić information content (AvgIpc) is 2.87. The van der Waals surface area contributed by atoms with Crippen LogP contribution >= 0.6 is 0 Å². The highest BCUT2D eigenvalue weighted by atomic mass is 19.1. The van der Waals surface area contributed by atoms with Crippen molar-refractivity contribution in [2.24, 2.45) is 0 Å². The summed E-state index contributed by atoms with van der Waals surface area (Å²) in [4.78, 5) is 34.6. The first-order valence-corrected chi connectivity index (χ1v) is 11.3. The predicted octanol–water partition coefficient (Wildman–Crippen LogP) is 4.06. The van der Waals surface area contributed by atoms with Gasteiger partial charge in [-0.1, -0.05) is 24.3 Å². The van der Waals surface area contributed by atoms with Crippen molar-refractivity contribution in [2.75, 3.05) is 27.2 Å². The summed E-state index contributed by atoms with van der Waals surface area (Å²) >= 11 is 0. The molecule has 4 rings (SSSR count). The van der Waals surface area contributed by atoms with Gasteiger partial charge < -0.3 is 14.5 Å². The van der Waals surface area contributed by atoms with Crippen LogP contribution in [0.25, 0.3) is 0 Å². The highest BCUT2D eigenvalue weighted by molar-refractivity contribution is 5.96. The maximum Gasteiger partial charge on any atom is 0.254 e. The van der Waals surface area contributed by atoms with Crippen molar-refractivity contribution in [3.63, 3.8) is 0 Å². The van der Waals surface area contributed by atoms with Crippen molar-refractivity contribution < 1.29 is 18.7 Å². The van der Waals surface area contributed by atoms with Crippen LogP contribution in [0, 0.1) is 5.82 Å². The zero-order chi connectivity index (χ0) is 24.1. The molecule has 0 bridgehead atoms. The van der Waals surface area contributed by atoms with E-state index in [1.165, 1.54) is 12.1 Å². The Bertz CT molecular complexity index is 1170. The number of likely N-dealkylation sites (N-methyl/N-ethyl adjacent to an activating group) is 1. The lowest BCUT2D eigenvalue weighted by molar-refractivity contribution is -0.136. The number of rotatable bonds is 6. The summed E-state index contributed by atoms with van der Waals surface area (Å²) in [5.74, 6) is -0.0232. The number of nitrogens with zero attached hydrogens (tertiary/aromatic N) is 3. The maximum absolute atomic E-state index is 13.5. The van der Waals surface area contributed by atoms with Gasteiger partial charge in [0.15, 0.2) is 0 Å². The van der Waals surface area contributed by atoms with E-state index in [0.717, 1.165) is 0 Å². The number of piperidine rings is 1. The zero-order valence-electron chi connectivity index (χ0n) is 19.4. The summed E-state index contributed by atoms with van der Waals surface area (Å²) in [6, 6.07) is 18.7. The summed E-state index contributed by atoms with van der Waals surface area (Å²) in [5.41, 5.74) is 0.976. The van der Waals surface area contributed by atoms with E-state index >= 15 is 0 Å². The minimum atomic E-state index is -0.885. The smallest absolute Gasteiger partial charge is 0.254 e. The molecule has 0 saturated carbocycles. The summed E-state index contributed by atoms with van der Waals surface area (Å²) in [5, 5.41) is 0. The Morgan fingerprint density at radius 2 is 1.91 bits per heavy atom. The quantitative estimate of drug-likeness (QED) is 0.555. The molecule has 34 heavy (non-hydrogen) atoms. The van der Waals surface area contributed by atoms with Crippen LogP contribution in [-0.2, 0) is 16.8 Å². The van der Waals surface area contributed by atoms with E-state index in [-0.39, 0.29) is 30.8 Å². The van der Waals surface area contributed by atoms with E-state index in [2.05, 4.69) is 4.98 Å². The predicted molar refractivity (Wildman–Crippen MR) is 127 cm³/mol. The molecule has 1 aliphatic heterocycles. The maximum atomic E-state index is 13.5. The van der Waals surface area contributed by atoms with Crippen LogP contribution in [0.1, 0.15) is 34.5 Å². The lowest BCUT2D eigenvalue weighted by Gasteiger charge is -2.42. The van der Waals surface area contributed by atoms with Crippen LogP contribution in [0.15, 0.2) is 72.9 Å². The summed E-state index contributed by atoms with van der Waals surface area (Å²) in [7, 11) is 3.46. The minimum Gasteiger partial charge on any atom is -0.489 e. The Labute approximate surface area is 199 Å². The molecule has 0 spiro atoms. The van der Waals surface area contributed by atoms with Crippen LogP contribution in [0.4, 0.5) is 4.39 Å². The van der Waals surface area contributed by atoms with Crippen molar-refractivity contribution >= 4 is 11.8 Å². The molecule has 0 aliphatic carbocycles. The molecular weight excluding hydrogens is 433 g/mol. The molecule has 1 atom stereocenters. The van der Waals surface area contributed by atoms with Crippen LogP contribution < -0.4 is 4.74 Å². The highest BCUT2D eigenvalue weighted by Crippen LogP contribution is 2.35. The molecule has 7 heteroatoms. The largest absolute Gasteiger partial charge is 0.489 e. The number of hydrogen-bond acceptors (Lipinski definition) is 4. The number of halogens is 1. The molecule has 1 aliphatic rings. The van der Waals surface area contributed by atoms with Crippen LogP contribution in [0.2, 0.25) is 0 Å². The first-order valence-electron chi connectivity index (χ1n) is 11.3. The minimum absolute atomic E-state index is 0.0594. The second kappa shape index (κ2) is 10.0. The fraction of sp³-hybridized carbons (Fsp3) is 0.296. The summed E-state index contributed by atoms with van der Waals surface area (Å²) in [6.45, 7) is 1.01. The van der Waals surface area contributed by atoms with Crippen molar-refractivity contribution in [3.05, 3.63) is 95.6 Å². The van der Waals surface area contributed by atoms with Crippen molar-refractivity contribution in [1.29, 1.82) is 0 Å². The van der Waals surface area contributed by atoms with Gasteiger partial charge in [-0.25, -0.2) is 4.39 Å². The number of benzene rings is 2. The van der Waals surface area contributed by atoms with E-state index in [1.807, 2.05) is 18.2 Å². The second-order valence-corrected chi connectivity index (χ2v) is 8.77. The molecule has 2 heterocycles. The molecule has 1 saturated heterocycles. The Morgan fingerprint density at radius 1 is 1.09 bits per heavy atom. The van der Waals surface area contributed by atoms with Gasteiger partial charge in [0.25, 0.3) is 5.91 Å². The number of hydrogen-bond donors (Lipinski definition) is 0. The Kier molecular flexibility index (Phi) is 6.91. The molecule has 1 unspecified atom stereocenters. The van der Waals surface area contributed by atoms with E-state index in [1.54, 1.807) is 66.5 Å². The summed E-state index contributed by atoms with van der Waals surface area (Å²) < 4.78 is 19.2. The third kappa shape index (κ3) is 4.93. The molecule has 0 N–H and O–H groups in total. The van der Waals surface area contributed by atoms with Gasteiger partial charge in [-0.05, 0) is 60.9 Å². The van der Waals surface area contributed by atoms with E-state index < -0.39 is 5.41 Å². The second-order valence-electron chi connectivity index (χ2n) is 8.77. The van der Waals surface area contributed by atoms with Crippen molar-refractivity contribution in [2.45, 2.75) is 24.9 Å². The Balaban J connectivity index is 1.54. The van der Waals surface area contributed by atoms with E-state index in [0.29, 0.717) is 42.0 Å². The number of carbonyl (C=O) groups excluding carboxylic acids is 2. The number of ether oxygens (including phenoxy) is 1. The monoisotopic (exact) mass is 461 g/mol. The molecule has 3 aromatic rings. The molecule has 6 nitrogen and oxygen atoms in total. The van der Waals surface area contributed by atoms with E-state index in [4.69, 9.17) is 4.74 Å². The molecular formula is C27H28FN3O3. The molecule has 2 amide bonds. The van der Waals surface area contributed by atoms with E-state index in [9.17, 15) is 14.0 Å². The molecule has 2 aromatic carbocycles. The lowest BCUT2D eigenvalue weighted by atomic mass is 9.75. The fourth-order valence-electron chi connectivity index (χ4n) is 4.49. The van der Waals surface area contributed by atoms with Gasteiger partial charge in [0.2, 0.25) is 5.91 Å². The van der Waals surface area contributed by atoms with Gasteiger partial charge in [0, 0.05) is 38.9 Å². The SMILES string of the molecule is CN(C)C(=O)C1(c2ccccn2)CCCN(C(=O)c2cccc(OCc3cccc(F)c3)c2)C1. The van der Waals surface area contributed by atoms with Gasteiger partial charge in [0.05, 0.1) is 5.69 Å². The first kappa shape index (κ1) is 23.4. The standard InChI is InChI=1S/C27H28FN3O3/c1-30(2)26(33)27(24-12-3-4-14-29-24)13-7-15-31(19-27)25(32)21-9-6-11-23(17-21)34-18-20-8-5-10-22(28)16-20/h3-6,8-12,14,16-17H,7,13,15,18-19H2,1-2H3. The summed E-state index contributed by atoms with van der Waals surface area (Å²) in [6.07, 6.45) is 3.00. The molecule has 0 radical (unpaired) electrons. The number of aromatic nitrogens is 1. The topological polar surface area (TPSA) is 62.7 Å². The highest BCUT2D eigenvalue weighted by Gasteiger charge is 2.46. The first-order chi connectivity index (χ1) is 16.4. The molecule has 176 valence electrons. The fourth-order valence-corrected chi connectivity index (χ4v) is 4.49. The molecule has 1 aromatic heterocycles. The number of carbonyl (C=O) groups is 2. The third-order valence-electron chi connectivity index (χ3n) is 6.13. The van der Waals surface area contributed by atoms with Crippen molar-refractivity contribution in [1.82, 2.24) is 14.8 Å². The van der Waals surface area contributed by atoms with Crippen LogP contribution in [0.3, 0.4) is 0 Å². The Morgan fingerprint density at radius 3 is 2.65 bits per heavy atom. The third-order valence-corrected chi connectivity index (χ3v) is 6.13.